The number of carbonyl (C=O) groups is 1. The minimum absolute atomic E-state index is 0.00169. The van der Waals surface area contributed by atoms with Crippen molar-refractivity contribution in [1.82, 2.24) is 15.1 Å². The number of aromatic nitrogens is 2. The van der Waals surface area contributed by atoms with Crippen molar-refractivity contribution in [1.29, 1.82) is 0 Å². The maximum Gasteiger partial charge on any atom is 0.266 e. The number of fused-ring (bicyclic) bond motifs is 1. The average Bonchev–Trinajstić information content (AvgIpc) is 2.68. The predicted octanol–water partition coefficient (Wildman–Crippen LogP) is 2.00. The van der Waals surface area contributed by atoms with E-state index in [2.05, 4.69) is 10.4 Å². The summed E-state index contributed by atoms with van der Waals surface area (Å²) in [7, 11) is 1.65. The highest BCUT2D eigenvalue weighted by molar-refractivity contribution is 5.79. The number of nitrogens with zero attached hydrogens (tertiary/aromatic N) is 2. The fourth-order valence-electron chi connectivity index (χ4n) is 3.45. The molecule has 28 heavy (non-hydrogen) atoms. The number of hydrogen-bond donors (Lipinski definition) is 1. The Morgan fingerprint density at radius 2 is 1.96 bits per heavy atom. The summed E-state index contributed by atoms with van der Waals surface area (Å²) >= 11 is 0. The molecule has 0 bridgehead atoms. The monoisotopic (exact) mass is 385 g/mol. The van der Waals surface area contributed by atoms with Crippen LogP contribution in [-0.2, 0) is 31.2 Å². The van der Waals surface area contributed by atoms with Gasteiger partial charge in [-0.1, -0.05) is 6.07 Å². The lowest BCUT2D eigenvalue weighted by Crippen LogP contribution is -2.35. The van der Waals surface area contributed by atoms with E-state index in [1.807, 2.05) is 32.0 Å². The highest BCUT2D eigenvalue weighted by Gasteiger charge is 2.26. The normalized spacial score (nSPS) is 15.6. The van der Waals surface area contributed by atoms with Crippen molar-refractivity contribution >= 4 is 5.91 Å². The first kappa shape index (κ1) is 19.9. The van der Waals surface area contributed by atoms with Crippen LogP contribution in [0.4, 0.5) is 0 Å². The van der Waals surface area contributed by atoms with E-state index in [1.165, 1.54) is 4.68 Å². The van der Waals surface area contributed by atoms with Crippen molar-refractivity contribution in [3.8, 4) is 11.5 Å². The van der Waals surface area contributed by atoms with E-state index >= 15 is 0 Å². The van der Waals surface area contributed by atoms with Gasteiger partial charge in [-0.25, -0.2) is 4.68 Å². The highest BCUT2D eigenvalue weighted by Crippen LogP contribution is 2.29. The molecule has 1 aliphatic carbocycles. The lowest BCUT2D eigenvalue weighted by molar-refractivity contribution is -0.125. The molecule has 0 saturated heterocycles. The number of nitrogens with one attached hydrogen (secondary N) is 1. The van der Waals surface area contributed by atoms with Gasteiger partial charge in [0.05, 0.1) is 18.9 Å². The standard InChI is InChI=1S/C21H27N3O4/c1-4-27-18-9-6-14(10-19(18)28-5-2)13-22-21(26)15-7-8-17-16(11-15)12-20(25)24(3)23-17/h6,9-10,12,15H,4-5,7-8,11,13H2,1-3H3,(H,22,26)/t15-/m1/s1. The topological polar surface area (TPSA) is 82.5 Å². The molecule has 150 valence electrons. The Morgan fingerprint density at radius 1 is 1.21 bits per heavy atom. The van der Waals surface area contributed by atoms with E-state index in [9.17, 15) is 9.59 Å². The van der Waals surface area contributed by atoms with Gasteiger partial charge in [0.15, 0.2) is 11.5 Å². The summed E-state index contributed by atoms with van der Waals surface area (Å²) in [6, 6.07) is 7.30. The average molecular weight is 385 g/mol. The number of amides is 1. The fraction of sp³-hybridized carbons (Fsp3) is 0.476. The number of ether oxygens (including phenoxy) is 2. The maximum atomic E-state index is 12.6. The molecule has 1 N–H and O–H groups in total. The van der Waals surface area contributed by atoms with Crippen LogP contribution in [-0.4, -0.2) is 28.9 Å². The first-order valence-electron chi connectivity index (χ1n) is 9.74. The minimum atomic E-state index is -0.143. The van der Waals surface area contributed by atoms with Crippen molar-refractivity contribution in [3.05, 3.63) is 51.4 Å². The molecular formula is C21H27N3O4. The summed E-state index contributed by atoms with van der Waals surface area (Å²) in [6.45, 7) is 5.39. The van der Waals surface area contributed by atoms with Crippen LogP contribution in [0.15, 0.2) is 29.1 Å². The Labute approximate surface area is 164 Å². The van der Waals surface area contributed by atoms with Crippen LogP contribution in [0.25, 0.3) is 0 Å². The Morgan fingerprint density at radius 3 is 2.71 bits per heavy atom. The zero-order valence-corrected chi connectivity index (χ0v) is 16.7. The largest absolute Gasteiger partial charge is 0.490 e. The first-order valence-corrected chi connectivity index (χ1v) is 9.74. The third kappa shape index (κ3) is 4.52. The molecule has 7 nitrogen and oxygen atoms in total. The molecule has 0 radical (unpaired) electrons. The molecular weight excluding hydrogens is 358 g/mol. The molecule has 1 aliphatic rings. The van der Waals surface area contributed by atoms with Crippen molar-refractivity contribution in [2.75, 3.05) is 13.2 Å². The summed E-state index contributed by atoms with van der Waals surface area (Å²) in [5, 5.41) is 7.30. The van der Waals surface area contributed by atoms with Crippen LogP contribution in [0, 0.1) is 5.92 Å². The van der Waals surface area contributed by atoms with Gasteiger partial charge in [0.1, 0.15) is 0 Å². The minimum Gasteiger partial charge on any atom is -0.490 e. The molecule has 1 atom stereocenters. The van der Waals surface area contributed by atoms with Gasteiger partial charge in [0, 0.05) is 25.6 Å². The summed E-state index contributed by atoms with van der Waals surface area (Å²) in [4.78, 5) is 24.5. The number of carbonyl (C=O) groups excluding carboxylic acids is 1. The van der Waals surface area contributed by atoms with E-state index in [4.69, 9.17) is 9.47 Å². The zero-order valence-electron chi connectivity index (χ0n) is 16.7. The van der Waals surface area contributed by atoms with Crippen LogP contribution >= 0.6 is 0 Å². The van der Waals surface area contributed by atoms with E-state index in [0.29, 0.717) is 44.1 Å². The molecule has 7 heteroatoms. The molecule has 1 heterocycles. The van der Waals surface area contributed by atoms with Gasteiger partial charge >= 0.3 is 0 Å². The maximum absolute atomic E-state index is 12.6. The second-order valence-electron chi connectivity index (χ2n) is 6.88. The van der Waals surface area contributed by atoms with E-state index in [1.54, 1.807) is 13.1 Å². The molecule has 0 unspecified atom stereocenters. The van der Waals surface area contributed by atoms with E-state index in [0.717, 1.165) is 23.2 Å². The van der Waals surface area contributed by atoms with Crippen molar-refractivity contribution in [2.24, 2.45) is 13.0 Å². The lowest BCUT2D eigenvalue weighted by atomic mass is 9.86. The number of aryl methyl sites for hydroxylation is 2. The second-order valence-corrected chi connectivity index (χ2v) is 6.88. The van der Waals surface area contributed by atoms with Gasteiger partial charge in [-0.05, 0) is 56.4 Å². The molecule has 0 aliphatic heterocycles. The van der Waals surface area contributed by atoms with Crippen LogP contribution in [0.2, 0.25) is 0 Å². The molecule has 0 saturated carbocycles. The molecule has 1 aromatic heterocycles. The summed E-state index contributed by atoms with van der Waals surface area (Å²) < 4.78 is 12.6. The number of hydrogen-bond acceptors (Lipinski definition) is 5. The number of rotatable bonds is 7. The smallest absolute Gasteiger partial charge is 0.266 e. The summed E-state index contributed by atoms with van der Waals surface area (Å²) in [6.07, 6.45) is 1.99. The van der Waals surface area contributed by atoms with Crippen molar-refractivity contribution in [2.45, 2.75) is 39.7 Å². The Kier molecular flexibility index (Phi) is 6.34. The molecule has 1 aromatic carbocycles. The second kappa shape index (κ2) is 8.91. The Bertz CT molecular complexity index is 907. The Hall–Kier alpha value is -2.83. The van der Waals surface area contributed by atoms with Crippen LogP contribution in [0.1, 0.15) is 37.1 Å². The van der Waals surface area contributed by atoms with E-state index < -0.39 is 0 Å². The van der Waals surface area contributed by atoms with Gasteiger partial charge in [-0.3, -0.25) is 9.59 Å². The third-order valence-corrected chi connectivity index (χ3v) is 4.90. The van der Waals surface area contributed by atoms with Gasteiger partial charge in [0.2, 0.25) is 5.91 Å². The van der Waals surface area contributed by atoms with Crippen LogP contribution in [0.3, 0.4) is 0 Å². The molecule has 0 fully saturated rings. The SMILES string of the molecule is CCOc1ccc(CNC(=O)[C@@H]2CCc3nn(C)c(=O)cc3C2)cc1OCC. The predicted molar refractivity (Wildman–Crippen MR) is 106 cm³/mol. The molecule has 3 rings (SSSR count). The van der Waals surface area contributed by atoms with Crippen LogP contribution < -0.4 is 20.3 Å². The number of benzene rings is 1. The lowest BCUT2D eigenvalue weighted by Gasteiger charge is -2.23. The van der Waals surface area contributed by atoms with Gasteiger partial charge in [0.25, 0.3) is 5.56 Å². The molecule has 0 spiro atoms. The van der Waals surface area contributed by atoms with Gasteiger partial charge in [-0.15, -0.1) is 0 Å². The molecule has 2 aromatic rings. The third-order valence-electron chi connectivity index (χ3n) is 4.90. The zero-order chi connectivity index (χ0) is 20.1. The van der Waals surface area contributed by atoms with Gasteiger partial charge in [-0.2, -0.15) is 5.10 Å². The summed E-state index contributed by atoms with van der Waals surface area (Å²) in [5.41, 5.74) is 2.61. The summed E-state index contributed by atoms with van der Waals surface area (Å²) in [5.74, 6) is 1.25. The van der Waals surface area contributed by atoms with Crippen molar-refractivity contribution < 1.29 is 14.3 Å². The van der Waals surface area contributed by atoms with Gasteiger partial charge < -0.3 is 14.8 Å². The molecule has 1 amide bonds. The highest BCUT2D eigenvalue weighted by atomic mass is 16.5. The first-order chi connectivity index (χ1) is 13.5. The van der Waals surface area contributed by atoms with Crippen LogP contribution in [0.5, 0.6) is 11.5 Å². The van der Waals surface area contributed by atoms with E-state index in [-0.39, 0.29) is 17.4 Å². The quantitative estimate of drug-likeness (QED) is 0.788. The fourth-order valence-corrected chi connectivity index (χ4v) is 3.45. The Balaban J connectivity index is 1.63. The van der Waals surface area contributed by atoms with Crippen molar-refractivity contribution in [3.63, 3.8) is 0 Å².